The van der Waals surface area contributed by atoms with Crippen molar-refractivity contribution in [3.8, 4) is 0 Å². The molecule has 2 atom stereocenters. The maximum absolute atomic E-state index is 5.17. The Morgan fingerprint density at radius 1 is 1.55 bits per heavy atom. The van der Waals surface area contributed by atoms with E-state index in [-0.39, 0.29) is 0 Å². The monoisotopic (exact) mass is 158 g/mol. The Morgan fingerprint density at radius 3 is 2.82 bits per heavy atom. The fourth-order valence-electron chi connectivity index (χ4n) is 1.26. The minimum Gasteiger partial charge on any atom is -0.367 e. The number of hydrogen-bond donors (Lipinski definition) is 1. The fraction of sp³-hybridized carbons (Fsp3) is 1.00. The lowest BCUT2D eigenvalue weighted by molar-refractivity contribution is 0.136. The molecule has 3 nitrogen and oxygen atoms in total. The van der Waals surface area contributed by atoms with Crippen LogP contribution in [0.1, 0.15) is 19.3 Å². The van der Waals surface area contributed by atoms with Gasteiger partial charge in [0.25, 0.3) is 0 Å². The van der Waals surface area contributed by atoms with Gasteiger partial charge in [-0.05, 0) is 26.3 Å². The van der Waals surface area contributed by atoms with Crippen molar-refractivity contribution in [3.05, 3.63) is 0 Å². The second-order valence-corrected chi connectivity index (χ2v) is 3.16. The van der Waals surface area contributed by atoms with Gasteiger partial charge >= 0.3 is 0 Å². The molecule has 66 valence electrons. The number of nitrogens with two attached hydrogens (primary N) is 1. The first-order chi connectivity index (χ1) is 5.34. The zero-order valence-corrected chi connectivity index (χ0v) is 7.25. The summed E-state index contributed by atoms with van der Waals surface area (Å²) in [5, 5.41) is 0. The summed E-state index contributed by atoms with van der Waals surface area (Å²) in [5.74, 6) is 0. The predicted molar refractivity (Wildman–Crippen MR) is 45.3 cm³/mol. The SMILES string of the molecule is CN1C[C@@H]1CCCCOCN. The van der Waals surface area contributed by atoms with Crippen LogP contribution in [0.25, 0.3) is 0 Å². The molecule has 0 amide bonds. The van der Waals surface area contributed by atoms with Crippen molar-refractivity contribution in [2.45, 2.75) is 25.3 Å². The maximum Gasteiger partial charge on any atom is 0.0940 e. The van der Waals surface area contributed by atoms with Crippen molar-refractivity contribution in [2.24, 2.45) is 5.73 Å². The Morgan fingerprint density at radius 2 is 2.27 bits per heavy atom. The van der Waals surface area contributed by atoms with E-state index in [0.29, 0.717) is 6.73 Å². The zero-order valence-electron chi connectivity index (χ0n) is 7.25. The average Bonchev–Trinajstić information content (AvgIpc) is 2.67. The molecule has 1 unspecified atom stereocenters. The van der Waals surface area contributed by atoms with Gasteiger partial charge in [0.2, 0.25) is 0 Å². The van der Waals surface area contributed by atoms with Crippen LogP contribution in [0.4, 0.5) is 0 Å². The molecule has 1 aliphatic heterocycles. The van der Waals surface area contributed by atoms with Crippen molar-refractivity contribution in [2.75, 3.05) is 26.9 Å². The van der Waals surface area contributed by atoms with Gasteiger partial charge in [-0.2, -0.15) is 0 Å². The van der Waals surface area contributed by atoms with Crippen LogP contribution < -0.4 is 5.73 Å². The molecular formula is C8H18N2O. The van der Waals surface area contributed by atoms with E-state index in [1.807, 2.05) is 0 Å². The molecule has 1 heterocycles. The van der Waals surface area contributed by atoms with Gasteiger partial charge in [-0.3, -0.25) is 0 Å². The van der Waals surface area contributed by atoms with Gasteiger partial charge in [0, 0.05) is 19.2 Å². The summed E-state index contributed by atoms with van der Waals surface area (Å²) >= 11 is 0. The standard InChI is InChI=1S/C8H18N2O/c1-10-6-8(10)4-2-3-5-11-7-9/h8H,2-7,9H2,1H3/t8-,10?/m0/s1. The lowest BCUT2D eigenvalue weighted by Crippen LogP contribution is -2.05. The molecule has 2 N–H and O–H groups in total. The van der Waals surface area contributed by atoms with E-state index in [1.54, 1.807) is 0 Å². The Hall–Kier alpha value is -0.120. The van der Waals surface area contributed by atoms with Gasteiger partial charge in [-0.1, -0.05) is 0 Å². The van der Waals surface area contributed by atoms with E-state index in [1.165, 1.54) is 19.4 Å². The van der Waals surface area contributed by atoms with Crippen LogP contribution >= 0.6 is 0 Å². The average molecular weight is 158 g/mol. The summed E-state index contributed by atoms with van der Waals surface area (Å²) in [6.45, 7) is 2.48. The van der Waals surface area contributed by atoms with Crippen molar-refractivity contribution in [3.63, 3.8) is 0 Å². The highest BCUT2D eigenvalue weighted by Gasteiger charge is 2.27. The van der Waals surface area contributed by atoms with Crippen LogP contribution in [-0.4, -0.2) is 37.9 Å². The summed E-state index contributed by atoms with van der Waals surface area (Å²) in [6, 6.07) is 0.868. The van der Waals surface area contributed by atoms with Gasteiger partial charge in [-0.25, -0.2) is 0 Å². The predicted octanol–water partition coefficient (Wildman–Crippen LogP) is 0.403. The summed E-state index contributed by atoms with van der Waals surface area (Å²) in [7, 11) is 2.17. The van der Waals surface area contributed by atoms with Crippen molar-refractivity contribution in [1.29, 1.82) is 0 Å². The number of nitrogens with zero attached hydrogens (tertiary/aromatic N) is 1. The second kappa shape index (κ2) is 4.70. The normalized spacial score (nSPS) is 28.9. The smallest absolute Gasteiger partial charge is 0.0940 e. The van der Waals surface area contributed by atoms with Crippen molar-refractivity contribution >= 4 is 0 Å². The maximum atomic E-state index is 5.17. The third-order valence-corrected chi connectivity index (χ3v) is 2.18. The lowest BCUT2D eigenvalue weighted by Gasteiger charge is -1.99. The molecule has 0 aromatic rings. The first-order valence-corrected chi connectivity index (χ1v) is 4.32. The molecule has 1 rings (SSSR count). The van der Waals surface area contributed by atoms with Crippen LogP contribution in [0.3, 0.4) is 0 Å². The van der Waals surface area contributed by atoms with Gasteiger partial charge in [0.15, 0.2) is 0 Å². The molecule has 0 bridgehead atoms. The van der Waals surface area contributed by atoms with Crippen LogP contribution in [0, 0.1) is 0 Å². The largest absolute Gasteiger partial charge is 0.367 e. The Labute approximate surface area is 68.5 Å². The lowest BCUT2D eigenvalue weighted by atomic mass is 10.2. The number of rotatable bonds is 6. The zero-order chi connectivity index (χ0) is 8.10. The molecule has 11 heavy (non-hydrogen) atoms. The third kappa shape index (κ3) is 3.70. The van der Waals surface area contributed by atoms with E-state index >= 15 is 0 Å². The Bertz CT molecular complexity index is 108. The summed E-state index contributed by atoms with van der Waals surface area (Å²) in [4.78, 5) is 2.36. The molecule has 0 aromatic heterocycles. The van der Waals surface area contributed by atoms with Gasteiger partial charge in [0.1, 0.15) is 0 Å². The van der Waals surface area contributed by atoms with Crippen LogP contribution in [0.15, 0.2) is 0 Å². The van der Waals surface area contributed by atoms with Crippen LogP contribution in [-0.2, 0) is 4.74 Å². The molecule has 0 aromatic carbocycles. The van der Waals surface area contributed by atoms with Gasteiger partial charge in [-0.15, -0.1) is 0 Å². The molecule has 3 heteroatoms. The highest BCUT2D eigenvalue weighted by Crippen LogP contribution is 2.19. The first-order valence-electron chi connectivity index (χ1n) is 4.32. The van der Waals surface area contributed by atoms with Gasteiger partial charge < -0.3 is 15.4 Å². The topological polar surface area (TPSA) is 38.3 Å². The quantitative estimate of drug-likeness (QED) is 0.345. The minimum absolute atomic E-state index is 0.364. The first kappa shape index (κ1) is 8.97. The number of ether oxygens (including phenoxy) is 1. The molecule has 0 spiro atoms. The third-order valence-electron chi connectivity index (χ3n) is 2.18. The molecule has 1 fully saturated rings. The highest BCUT2D eigenvalue weighted by atomic mass is 16.5. The van der Waals surface area contributed by atoms with Crippen LogP contribution in [0.2, 0.25) is 0 Å². The van der Waals surface area contributed by atoms with E-state index in [2.05, 4.69) is 11.9 Å². The molecule has 1 saturated heterocycles. The fourth-order valence-corrected chi connectivity index (χ4v) is 1.26. The van der Waals surface area contributed by atoms with E-state index in [4.69, 9.17) is 10.5 Å². The van der Waals surface area contributed by atoms with Crippen molar-refractivity contribution < 1.29 is 4.74 Å². The number of hydrogen-bond acceptors (Lipinski definition) is 3. The second-order valence-electron chi connectivity index (χ2n) is 3.16. The molecule has 0 saturated carbocycles. The van der Waals surface area contributed by atoms with Gasteiger partial charge in [0.05, 0.1) is 6.73 Å². The minimum atomic E-state index is 0.364. The molecule has 1 aliphatic rings. The Kier molecular flexibility index (Phi) is 3.83. The number of unbranched alkanes of at least 4 members (excludes halogenated alkanes) is 1. The van der Waals surface area contributed by atoms with E-state index in [0.717, 1.165) is 19.1 Å². The van der Waals surface area contributed by atoms with Crippen LogP contribution in [0.5, 0.6) is 0 Å². The highest BCUT2D eigenvalue weighted by molar-refractivity contribution is 4.84. The molecule has 0 radical (unpaired) electrons. The van der Waals surface area contributed by atoms with Crippen molar-refractivity contribution in [1.82, 2.24) is 4.90 Å². The van der Waals surface area contributed by atoms with E-state index < -0.39 is 0 Å². The summed E-state index contributed by atoms with van der Waals surface area (Å²) in [6.07, 6.45) is 3.75. The van der Waals surface area contributed by atoms with E-state index in [9.17, 15) is 0 Å². The Balaban J connectivity index is 1.74. The summed E-state index contributed by atoms with van der Waals surface area (Å²) < 4.78 is 5.03. The molecular weight excluding hydrogens is 140 g/mol. The summed E-state index contributed by atoms with van der Waals surface area (Å²) in [5.41, 5.74) is 5.17. The molecule has 0 aliphatic carbocycles. The number of likely N-dealkylation sites (N-methyl/N-ethyl adjacent to an activating group) is 1.